The number of hydrogen-bond donors (Lipinski definition) is 1. The third-order valence-corrected chi connectivity index (χ3v) is 6.59. The number of hydrogen-bond acceptors (Lipinski definition) is 5. The van der Waals surface area contributed by atoms with Gasteiger partial charge < -0.3 is 14.4 Å². The van der Waals surface area contributed by atoms with Crippen LogP contribution in [-0.4, -0.2) is 72.4 Å². The molecule has 1 amide bonds. The van der Waals surface area contributed by atoms with Crippen LogP contribution >= 0.6 is 0 Å². The second kappa shape index (κ2) is 11.5. The van der Waals surface area contributed by atoms with Crippen LogP contribution in [0.3, 0.4) is 0 Å². The molecule has 174 valence electrons. The van der Waals surface area contributed by atoms with Crippen molar-refractivity contribution in [1.82, 2.24) is 20.0 Å². The molecule has 3 heterocycles. The molecule has 1 atom stereocenters. The largest absolute Gasteiger partial charge is 0.491 e. The van der Waals surface area contributed by atoms with Crippen LogP contribution in [0.15, 0.2) is 30.5 Å². The van der Waals surface area contributed by atoms with Gasteiger partial charge in [-0.1, -0.05) is 25.0 Å². The van der Waals surface area contributed by atoms with Crippen molar-refractivity contribution in [2.75, 3.05) is 46.5 Å². The molecule has 2 fully saturated rings. The van der Waals surface area contributed by atoms with Gasteiger partial charge in [0.1, 0.15) is 12.4 Å². The summed E-state index contributed by atoms with van der Waals surface area (Å²) in [6, 6.07) is 8.32. The Kier molecular flexibility index (Phi) is 8.18. The number of piperidine rings is 1. The van der Waals surface area contributed by atoms with Gasteiger partial charge in [0.2, 0.25) is 0 Å². The van der Waals surface area contributed by atoms with Crippen LogP contribution in [0.4, 0.5) is 0 Å². The Hall–Kier alpha value is -2.38. The summed E-state index contributed by atoms with van der Waals surface area (Å²) in [6.45, 7) is 5.80. The standard InChI is InChI=1S/C25H36N4O3/c1-31-15-16-32-22-10-8-20(9-11-22)18-28-12-6-7-21(19-28)24-23(17-26-27-24)25(30)29-13-4-2-3-5-14-29/h8-11,17,21H,2-7,12-16,18-19H2,1H3,(H,26,27). The molecule has 2 aliphatic heterocycles. The molecule has 7 heteroatoms. The summed E-state index contributed by atoms with van der Waals surface area (Å²) in [7, 11) is 1.68. The lowest BCUT2D eigenvalue weighted by Crippen LogP contribution is -2.36. The van der Waals surface area contributed by atoms with E-state index < -0.39 is 0 Å². The third-order valence-electron chi connectivity index (χ3n) is 6.59. The molecule has 0 saturated carbocycles. The number of amides is 1. The quantitative estimate of drug-likeness (QED) is 0.632. The molecule has 0 aliphatic carbocycles. The van der Waals surface area contributed by atoms with Crippen LogP contribution in [-0.2, 0) is 11.3 Å². The molecule has 2 aliphatic rings. The summed E-state index contributed by atoms with van der Waals surface area (Å²) in [5.41, 5.74) is 3.07. The minimum absolute atomic E-state index is 0.150. The van der Waals surface area contributed by atoms with E-state index in [2.05, 4.69) is 27.2 Å². The summed E-state index contributed by atoms with van der Waals surface area (Å²) in [5, 5.41) is 7.45. The van der Waals surface area contributed by atoms with Crippen molar-refractivity contribution in [2.24, 2.45) is 0 Å². The molecule has 1 aromatic carbocycles. The highest BCUT2D eigenvalue weighted by Gasteiger charge is 2.29. The number of nitrogens with one attached hydrogen (secondary N) is 1. The monoisotopic (exact) mass is 440 g/mol. The van der Waals surface area contributed by atoms with Crippen molar-refractivity contribution in [1.29, 1.82) is 0 Å². The van der Waals surface area contributed by atoms with E-state index in [-0.39, 0.29) is 5.91 Å². The maximum atomic E-state index is 13.2. The first-order valence-electron chi connectivity index (χ1n) is 12.0. The van der Waals surface area contributed by atoms with Crippen molar-refractivity contribution in [3.63, 3.8) is 0 Å². The third kappa shape index (κ3) is 5.90. The summed E-state index contributed by atoms with van der Waals surface area (Å²) >= 11 is 0. The first-order chi connectivity index (χ1) is 15.7. The number of carbonyl (C=O) groups is 1. The smallest absolute Gasteiger partial charge is 0.257 e. The van der Waals surface area contributed by atoms with Crippen molar-refractivity contribution < 1.29 is 14.3 Å². The first-order valence-corrected chi connectivity index (χ1v) is 12.0. The van der Waals surface area contributed by atoms with Crippen LogP contribution in [0.1, 0.15) is 66.1 Å². The second-order valence-corrected chi connectivity index (χ2v) is 8.96. The fourth-order valence-corrected chi connectivity index (χ4v) is 4.85. The lowest BCUT2D eigenvalue weighted by Gasteiger charge is -2.33. The Bertz CT molecular complexity index is 843. The number of methoxy groups -OCH3 is 1. The fraction of sp³-hybridized carbons (Fsp3) is 0.600. The van der Waals surface area contributed by atoms with Crippen LogP contribution in [0.2, 0.25) is 0 Å². The molecule has 0 bridgehead atoms. The number of aromatic amines is 1. The zero-order valence-corrected chi connectivity index (χ0v) is 19.2. The highest BCUT2D eigenvalue weighted by atomic mass is 16.5. The minimum atomic E-state index is 0.150. The van der Waals surface area contributed by atoms with Crippen molar-refractivity contribution in [2.45, 2.75) is 51.0 Å². The normalized spacial score (nSPS) is 20.2. The van der Waals surface area contributed by atoms with E-state index in [1.807, 2.05) is 17.0 Å². The van der Waals surface area contributed by atoms with Gasteiger partial charge in [-0.2, -0.15) is 5.10 Å². The second-order valence-electron chi connectivity index (χ2n) is 8.96. The Labute approximate surface area is 191 Å². The number of carbonyl (C=O) groups excluding carboxylic acids is 1. The van der Waals surface area contributed by atoms with E-state index in [9.17, 15) is 4.79 Å². The van der Waals surface area contributed by atoms with Gasteiger partial charge in [-0.25, -0.2) is 0 Å². The molecule has 1 aromatic heterocycles. The Balaban J connectivity index is 1.36. The number of aromatic nitrogens is 2. The molecule has 2 aromatic rings. The number of rotatable bonds is 8. The molecule has 2 saturated heterocycles. The molecule has 0 radical (unpaired) electrons. The van der Waals surface area contributed by atoms with Gasteiger partial charge in [0.05, 0.1) is 24.1 Å². The van der Waals surface area contributed by atoms with E-state index in [0.717, 1.165) is 75.4 Å². The molecular formula is C25H36N4O3. The topological polar surface area (TPSA) is 70.7 Å². The van der Waals surface area contributed by atoms with Gasteiger partial charge in [0.15, 0.2) is 0 Å². The highest BCUT2D eigenvalue weighted by molar-refractivity contribution is 5.95. The van der Waals surface area contributed by atoms with Crippen molar-refractivity contribution in [3.05, 3.63) is 47.3 Å². The number of H-pyrrole nitrogens is 1. The van der Waals surface area contributed by atoms with Crippen molar-refractivity contribution >= 4 is 5.91 Å². The Morgan fingerprint density at radius 2 is 1.84 bits per heavy atom. The summed E-state index contributed by atoms with van der Waals surface area (Å²) in [5.74, 6) is 1.34. The van der Waals surface area contributed by atoms with Gasteiger partial charge >= 0.3 is 0 Å². The van der Waals surface area contributed by atoms with Gasteiger partial charge in [-0.15, -0.1) is 0 Å². The minimum Gasteiger partial charge on any atom is -0.491 e. The zero-order chi connectivity index (χ0) is 22.2. The Morgan fingerprint density at radius 1 is 1.06 bits per heavy atom. The summed E-state index contributed by atoms with van der Waals surface area (Å²) in [6.07, 6.45) is 8.60. The summed E-state index contributed by atoms with van der Waals surface area (Å²) in [4.78, 5) is 17.7. The number of ether oxygens (including phenoxy) is 2. The maximum Gasteiger partial charge on any atom is 0.257 e. The molecule has 32 heavy (non-hydrogen) atoms. The zero-order valence-electron chi connectivity index (χ0n) is 19.2. The lowest BCUT2D eigenvalue weighted by atomic mass is 9.92. The van der Waals surface area contributed by atoms with E-state index in [1.54, 1.807) is 13.3 Å². The molecule has 1 unspecified atom stereocenters. The van der Waals surface area contributed by atoms with Crippen LogP contribution < -0.4 is 4.74 Å². The molecule has 7 nitrogen and oxygen atoms in total. The van der Waals surface area contributed by atoms with Crippen LogP contribution in [0.25, 0.3) is 0 Å². The SMILES string of the molecule is COCCOc1ccc(CN2CCCC(c3[nH]ncc3C(=O)N3CCCCCC3)C2)cc1. The molecule has 4 rings (SSSR count). The van der Waals surface area contributed by atoms with Gasteiger partial charge in [0.25, 0.3) is 5.91 Å². The highest BCUT2D eigenvalue weighted by Crippen LogP contribution is 2.30. The maximum absolute atomic E-state index is 13.2. The Morgan fingerprint density at radius 3 is 2.59 bits per heavy atom. The first kappa shape index (κ1) is 22.8. The molecular weight excluding hydrogens is 404 g/mol. The van der Waals surface area contributed by atoms with Gasteiger partial charge in [-0.05, 0) is 49.9 Å². The van der Waals surface area contributed by atoms with E-state index >= 15 is 0 Å². The predicted molar refractivity (Wildman–Crippen MR) is 124 cm³/mol. The number of nitrogens with zero attached hydrogens (tertiary/aromatic N) is 3. The van der Waals surface area contributed by atoms with E-state index in [4.69, 9.17) is 9.47 Å². The van der Waals surface area contributed by atoms with E-state index in [1.165, 1.54) is 18.4 Å². The molecule has 1 N–H and O–H groups in total. The molecule has 0 spiro atoms. The summed E-state index contributed by atoms with van der Waals surface area (Å²) < 4.78 is 10.7. The van der Waals surface area contributed by atoms with Crippen molar-refractivity contribution in [3.8, 4) is 5.75 Å². The fourth-order valence-electron chi connectivity index (χ4n) is 4.85. The van der Waals surface area contributed by atoms with Gasteiger partial charge in [0, 0.05) is 39.2 Å². The van der Waals surface area contributed by atoms with Crippen LogP contribution in [0.5, 0.6) is 5.75 Å². The van der Waals surface area contributed by atoms with Crippen LogP contribution in [0, 0.1) is 0 Å². The average Bonchev–Trinajstić information content (AvgIpc) is 3.15. The number of likely N-dealkylation sites (tertiary alicyclic amines) is 2. The number of benzene rings is 1. The average molecular weight is 441 g/mol. The predicted octanol–water partition coefficient (Wildman–Crippen LogP) is 3.83. The lowest BCUT2D eigenvalue weighted by molar-refractivity contribution is 0.0759. The van der Waals surface area contributed by atoms with Gasteiger partial charge in [-0.3, -0.25) is 14.8 Å². The van der Waals surface area contributed by atoms with E-state index in [0.29, 0.717) is 19.1 Å².